The second-order valence-corrected chi connectivity index (χ2v) is 5.07. The van der Waals surface area contributed by atoms with Crippen LogP contribution in [0.3, 0.4) is 0 Å². The van der Waals surface area contributed by atoms with Crippen LogP contribution in [0.5, 0.6) is 0 Å². The van der Waals surface area contributed by atoms with Crippen molar-refractivity contribution in [3.05, 3.63) is 69.1 Å². The fourth-order valence-corrected chi connectivity index (χ4v) is 2.09. The molecule has 98 valence electrons. The van der Waals surface area contributed by atoms with Gasteiger partial charge < -0.3 is 10.3 Å². The number of hydrogen-bond donors (Lipinski definition) is 1. The molecule has 0 atom stereocenters. The van der Waals surface area contributed by atoms with E-state index in [9.17, 15) is 4.79 Å². The predicted molar refractivity (Wildman–Crippen MR) is 81.6 cm³/mol. The van der Waals surface area contributed by atoms with E-state index < -0.39 is 0 Å². The number of hydrogen-bond acceptors (Lipinski definition) is 2. The van der Waals surface area contributed by atoms with Crippen LogP contribution in [0.15, 0.2) is 41.2 Å². The Bertz CT molecular complexity index is 672. The number of rotatable bonds is 3. The van der Waals surface area contributed by atoms with Crippen molar-refractivity contribution in [2.24, 2.45) is 5.73 Å². The highest BCUT2D eigenvalue weighted by atomic mass is 32.1. The normalized spacial score (nSPS) is 10.4. The topological polar surface area (TPSA) is 48.0 Å². The number of benzene rings is 1. The summed E-state index contributed by atoms with van der Waals surface area (Å²) in [7, 11) is 0. The molecule has 0 saturated carbocycles. The van der Waals surface area contributed by atoms with Crippen molar-refractivity contribution in [2.75, 3.05) is 0 Å². The molecule has 0 unspecified atom stereocenters. The van der Waals surface area contributed by atoms with Crippen LogP contribution in [0.25, 0.3) is 0 Å². The Hall–Kier alpha value is -1.94. The molecule has 0 fully saturated rings. The van der Waals surface area contributed by atoms with Gasteiger partial charge in [0.2, 0.25) is 0 Å². The zero-order chi connectivity index (χ0) is 14.0. The van der Waals surface area contributed by atoms with Gasteiger partial charge in [-0.25, -0.2) is 0 Å². The Morgan fingerprint density at radius 3 is 2.37 bits per heavy atom. The zero-order valence-electron chi connectivity index (χ0n) is 11.0. The molecular formula is C15H16N2OS. The molecule has 0 radical (unpaired) electrons. The quantitative estimate of drug-likeness (QED) is 0.871. The molecule has 2 N–H and O–H groups in total. The van der Waals surface area contributed by atoms with Gasteiger partial charge in [0.15, 0.2) is 0 Å². The number of aryl methyl sites for hydroxylation is 2. The summed E-state index contributed by atoms with van der Waals surface area (Å²) in [6.07, 6.45) is 0. The van der Waals surface area contributed by atoms with E-state index in [4.69, 9.17) is 18.0 Å². The Kier molecular flexibility index (Phi) is 3.81. The van der Waals surface area contributed by atoms with Crippen molar-refractivity contribution in [2.45, 2.75) is 20.4 Å². The first-order chi connectivity index (χ1) is 8.99. The van der Waals surface area contributed by atoms with E-state index in [1.54, 1.807) is 10.6 Å². The van der Waals surface area contributed by atoms with Gasteiger partial charge in [-0.2, -0.15) is 0 Å². The molecule has 1 aromatic heterocycles. The number of aromatic nitrogens is 1. The molecule has 1 heterocycles. The molecule has 2 aromatic rings. The Labute approximate surface area is 117 Å². The lowest BCUT2D eigenvalue weighted by molar-refractivity contribution is 0.728. The van der Waals surface area contributed by atoms with Crippen LogP contribution in [0.2, 0.25) is 0 Å². The van der Waals surface area contributed by atoms with Crippen LogP contribution in [0, 0.1) is 13.8 Å². The van der Waals surface area contributed by atoms with E-state index in [-0.39, 0.29) is 10.5 Å². The number of pyridine rings is 1. The van der Waals surface area contributed by atoms with Gasteiger partial charge in [-0.1, -0.05) is 42.0 Å². The van der Waals surface area contributed by atoms with Crippen molar-refractivity contribution >= 4 is 17.2 Å². The molecule has 0 amide bonds. The van der Waals surface area contributed by atoms with Crippen molar-refractivity contribution in [1.29, 1.82) is 0 Å². The minimum absolute atomic E-state index is 0.131. The maximum Gasteiger partial charge on any atom is 0.261 e. The fourth-order valence-electron chi connectivity index (χ4n) is 1.93. The van der Waals surface area contributed by atoms with Crippen molar-refractivity contribution in [1.82, 2.24) is 4.57 Å². The van der Waals surface area contributed by atoms with Gasteiger partial charge >= 0.3 is 0 Å². The smallest absolute Gasteiger partial charge is 0.261 e. The fraction of sp³-hybridized carbons (Fsp3) is 0.200. The number of nitrogens with zero attached hydrogens (tertiary/aromatic N) is 1. The first kappa shape index (κ1) is 13.5. The summed E-state index contributed by atoms with van der Waals surface area (Å²) < 4.78 is 1.69. The average Bonchev–Trinajstić information content (AvgIpc) is 2.36. The molecule has 3 nitrogen and oxygen atoms in total. The van der Waals surface area contributed by atoms with Crippen LogP contribution in [-0.4, -0.2) is 9.56 Å². The van der Waals surface area contributed by atoms with Gasteiger partial charge in [-0.3, -0.25) is 4.79 Å². The highest BCUT2D eigenvalue weighted by molar-refractivity contribution is 7.80. The molecule has 19 heavy (non-hydrogen) atoms. The monoisotopic (exact) mass is 272 g/mol. The maximum atomic E-state index is 12.3. The van der Waals surface area contributed by atoms with E-state index in [2.05, 4.69) is 0 Å². The third-order valence-electron chi connectivity index (χ3n) is 3.12. The van der Waals surface area contributed by atoms with Crippen LogP contribution >= 0.6 is 12.2 Å². The third-order valence-corrected chi connectivity index (χ3v) is 3.34. The van der Waals surface area contributed by atoms with E-state index >= 15 is 0 Å². The number of thiocarbonyl (C=S) groups is 1. The molecule has 1 aromatic carbocycles. The van der Waals surface area contributed by atoms with Gasteiger partial charge in [0.25, 0.3) is 5.56 Å². The van der Waals surface area contributed by atoms with E-state index in [1.807, 2.05) is 44.2 Å². The van der Waals surface area contributed by atoms with Gasteiger partial charge in [0, 0.05) is 5.69 Å². The average molecular weight is 272 g/mol. The molecule has 0 bridgehead atoms. The Morgan fingerprint density at radius 2 is 1.79 bits per heavy atom. The highest BCUT2D eigenvalue weighted by Crippen LogP contribution is 2.07. The minimum Gasteiger partial charge on any atom is -0.389 e. The largest absolute Gasteiger partial charge is 0.389 e. The second-order valence-electron chi connectivity index (χ2n) is 4.63. The first-order valence-electron chi connectivity index (χ1n) is 6.05. The summed E-state index contributed by atoms with van der Waals surface area (Å²) in [5, 5.41) is 0. The molecule has 0 aliphatic heterocycles. The third kappa shape index (κ3) is 2.90. The summed E-state index contributed by atoms with van der Waals surface area (Å²) in [5.74, 6) is 0. The zero-order valence-corrected chi connectivity index (χ0v) is 11.8. The molecular weight excluding hydrogens is 256 g/mol. The molecule has 4 heteroatoms. The lowest BCUT2D eigenvalue weighted by Crippen LogP contribution is -2.30. The predicted octanol–water partition coefficient (Wildman–Crippen LogP) is 2.15. The maximum absolute atomic E-state index is 12.3. The standard InChI is InChI=1S/C15H16N2OS/c1-10-3-6-12(7-4-10)9-17-11(2)5-8-13(14(16)19)15(17)18/h3-8H,9H2,1-2H3,(H2,16,19). The Balaban J connectivity index is 2.45. The summed E-state index contributed by atoms with van der Waals surface area (Å²) in [6, 6.07) is 11.7. The van der Waals surface area contributed by atoms with Gasteiger partial charge in [0.05, 0.1) is 12.1 Å². The van der Waals surface area contributed by atoms with Crippen LogP contribution in [-0.2, 0) is 6.54 Å². The molecule has 2 rings (SSSR count). The van der Waals surface area contributed by atoms with Crippen LogP contribution < -0.4 is 11.3 Å². The lowest BCUT2D eigenvalue weighted by atomic mass is 10.1. The van der Waals surface area contributed by atoms with Gasteiger partial charge in [-0.05, 0) is 31.5 Å². The lowest BCUT2D eigenvalue weighted by Gasteiger charge is -2.12. The summed E-state index contributed by atoms with van der Waals surface area (Å²) in [5.41, 5.74) is 9.00. The van der Waals surface area contributed by atoms with Crippen LogP contribution in [0.1, 0.15) is 22.4 Å². The van der Waals surface area contributed by atoms with Gasteiger partial charge in [0.1, 0.15) is 4.99 Å². The summed E-state index contributed by atoms with van der Waals surface area (Å²) in [6.45, 7) is 4.47. The van der Waals surface area contributed by atoms with Crippen molar-refractivity contribution < 1.29 is 0 Å². The minimum atomic E-state index is -0.131. The molecule has 0 spiro atoms. The van der Waals surface area contributed by atoms with E-state index in [1.165, 1.54) is 5.56 Å². The number of nitrogens with two attached hydrogens (primary N) is 1. The molecule has 0 aliphatic carbocycles. The molecule has 0 saturated heterocycles. The van der Waals surface area contributed by atoms with Crippen molar-refractivity contribution in [3.8, 4) is 0 Å². The van der Waals surface area contributed by atoms with E-state index in [0.717, 1.165) is 11.3 Å². The van der Waals surface area contributed by atoms with Gasteiger partial charge in [-0.15, -0.1) is 0 Å². The molecule has 0 aliphatic rings. The first-order valence-corrected chi connectivity index (χ1v) is 6.45. The Morgan fingerprint density at radius 1 is 1.16 bits per heavy atom. The SMILES string of the molecule is Cc1ccc(Cn2c(C)ccc(C(N)=S)c2=O)cc1. The van der Waals surface area contributed by atoms with E-state index in [0.29, 0.717) is 12.1 Å². The second kappa shape index (κ2) is 5.36. The highest BCUT2D eigenvalue weighted by Gasteiger charge is 2.08. The van der Waals surface area contributed by atoms with Crippen molar-refractivity contribution in [3.63, 3.8) is 0 Å². The summed E-state index contributed by atoms with van der Waals surface area (Å²) in [4.78, 5) is 12.4. The summed E-state index contributed by atoms with van der Waals surface area (Å²) >= 11 is 4.90. The van der Waals surface area contributed by atoms with Crippen LogP contribution in [0.4, 0.5) is 0 Å².